The molecule has 17 heavy (non-hydrogen) atoms. The van der Waals surface area contributed by atoms with Crippen LogP contribution in [-0.2, 0) is 4.79 Å². The zero-order valence-electron chi connectivity index (χ0n) is 12.2. The molecule has 0 bridgehead atoms. The SMILES string of the molecule is CCNC(=O)C(C)NCCN(C(C)C)C(C)C. The molecule has 1 atom stereocenters. The summed E-state index contributed by atoms with van der Waals surface area (Å²) in [7, 11) is 0. The minimum atomic E-state index is -0.115. The first-order valence-corrected chi connectivity index (χ1v) is 6.67. The third-order valence-corrected chi connectivity index (χ3v) is 2.89. The number of amides is 1. The van der Waals surface area contributed by atoms with Crippen LogP contribution in [0.15, 0.2) is 0 Å². The highest BCUT2D eigenvalue weighted by Gasteiger charge is 2.14. The standard InChI is InChI=1S/C13H29N3O/c1-7-14-13(17)12(6)15-8-9-16(10(2)3)11(4)5/h10-12,15H,7-9H2,1-6H3,(H,14,17). The van der Waals surface area contributed by atoms with Gasteiger partial charge in [0, 0.05) is 31.7 Å². The molecule has 102 valence electrons. The van der Waals surface area contributed by atoms with Crippen LogP contribution in [0, 0.1) is 0 Å². The second-order valence-corrected chi connectivity index (χ2v) is 5.00. The van der Waals surface area contributed by atoms with E-state index in [1.165, 1.54) is 0 Å². The predicted molar refractivity (Wildman–Crippen MR) is 73.1 cm³/mol. The highest BCUT2D eigenvalue weighted by Crippen LogP contribution is 2.03. The molecule has 0 radical (unpaired) electrons. The average molecular weight is 243 g/mol. The summed E-state index contributed by atoms with van der Waals surface area (Å²) in [4.78, 5) is 13.9. The summed E-state index contributed by atoms with van der Waals surface area (Å²) in [6, 6.07) is 0.962. The highest BCUT2D eigenvalue weighted by atomic mass is 16.2. The fourth-order valence-electron chi connectivity index (χ4n) is 1.94. The average Bonchev–Trinajstić information content (AvgIpc) is 2.23. The van der Waals surface area contributed by atoms with E-state index in [1.807, 2.05) is 13.8 Å². The van der Waals surface area contributed by atoms with Crippen molar-refractivity contribution in [2.75, 3.05) is 19.6 Å². The zero-order valence-corrected chi connectivity index (χ0v) is 12.2. The monoisotopic (exact) mass is 243 g/mol. The lowest BCUT2D eigenvalue weighted by Crippen LogP contribution is -2.47. The van der Waals surface area contributed by atoms with Crippen LogP contribution in [0.5, 0.6) is 0 Å². The van der Waals surface area contributed by atoms with Gasteiger partial charge >= 0.3 is 0 Å². The maximum Gasteiger partial charge on any atom is 0.236 e. The maximum atomic E-state index is 11.5. The minimum Gasteiger partial charge on any atom is -0.355 e. The molecule has 0 aromatic heterocycles. The van der Waals surface area contributed by atoms with Crippen molar-refractivity contribution in [3.05, 3.63) is 0 Å². The Bertz CT molecular complexity index is 209. The van der Waals surface area contributed by atoms with Crippen LogP contribution < -0.4 is 10.6 Å². The number of hydrogen-bond acceptors (Lipinski definition) is 3. The topological polar surface area (TPSA) is 44.4 Å². The van der Waals surface area contributed by atoms with E-state index in [1.54, 1.807) is 0 Å². The molecule has 2 N–H and O–H groups in total. The van der Waals surface area contributed by atoms with Gasteiger partial charge in [-0.05, 0) is 41.5 Å². The van der Waals surface area contributed by atoms with Gasteiger partial charge in [-0.15, -0.1) is 0 Å². The third kappa shape index (κ3) is 6.64. The maximum absolute atomic E-state index is 11.5. The Labute approximate surface area is 106 Å². The number of nitrogens with zero attached hydrogens (tertiary/aromatic N) is 1. The van der Waals surface area contributed by atoms with Crippen LogP contribution in [-0.4, -0.2) is 48.6 Å². The lowest BCUT2D eigenvalue weighted by Gasteiger charge is -2.30. The molecule has 0 aromatic carbocycles. The van der Waals surface area contributed by atoms with Crippen LogP contribution in [0.4, 0.5) is 0 Å². The highest BCUT2D eigenvalue weighted by molar-refractivity contribution is 5.81. The molecule has 0 spiro atoms. The van der Waals surface area contributed by atoms with E-state index in [2.05, 4.69) is 43.2 Å². The number of carbonyl (C=O) groups is 1. The summed E-state index contributed by atoms with van der Waals surface area (Å²) in [5.41, 5.74) is 0. The zero-order chi connectivity index (χ0) is 13.4. The van der Waals surface area contributed by atoms with Crippen molar-refractivity contribution in [1.29, 1.82) is 0 Å². The fraction of sp³-hybridized carbons (Fsp3) is 0.923. The molecular weight excluding hydrogens is 214 g/mol. The summed E-state index contributed by atoms with van der Waals surface area (Å²) in [5, 5.41) is 6.07. The first-order valence-electron chi connectivity index (χ1n) is 6.67. The van der Waals surface area contributed by atoms with Gasteiger partial charge in [-0.25, -0.2) is 0 Å². The Morgan fingerprint density at radius 2 is 1.65 bits per heavy atom. The molecule has 1 amide bonds. The van der Waals surface area contributed by atoms with Gasteiger partial charge < -0.3 is 10.6 Å². The van der Waals surface area contributed by atoms with Crippen molar-refractivity contribution in [1.82, 2.24) is 15.5 Å². The van der Waals surface area contributed by atoms with Crippen molar-refractivity contribution >= 4 is 5.91 Å². The number of likely N-dealkylation sites (N-methyl/N-ethyl adjacent to an activating group) is 1. The van der Waals surface area contributed by atoms with E-state index in [4.69, 9.17) is 0 Å². The van der Waals surface area contributed by atoms with Crippen LogP contribution >= 0.6 is 0 Å². The molecule has 0 heterocycles. The molecule has 0 aliphatic heterocycles. The molecule has 4 heteroatoms. The van der Waals surface area contributed by atoms with Crippen LogP contribution in [0.1, 0.15) is 41.5 Å². The molecule has 0 saturated heterocycles. The lowest BCUT2D eigenvalue weighted by atomic mass is 10.2. The molecule has 0 saturated carbocycles. The van der Waals surface area contributed by atoms with Gasteiger partial charge in [-0.2, -0.15) is 0 Å². The largest absolute Gasteiger partial charge is 0.355 e. The number of carbonyl (C=O) groups excluding carboxylic acids is 1. The van der Waals surface area contributed by atoms with Gasteiger partial charge in [-0.1, -0.05) is 0 Å². The quantitative estimate of drug-likeness (QED) is 0.674. The van der Waals surface area contributed by atoms with E-state index >= 15 is 0 Å². The molecule has 0 aromatic rings. The molecule has 0 aliphatic rings. The molecule has 0 fully saturated rings. The minimum absolute atomic E-state index is 0.0770. The van der Waals surface area contributed by atoms with Crippen LogP contribution in [0.3, 0.4) is 0 Å². The summed E-state index contributed by atoms with van der Waals surface area (Å²) >= 11 is 0. The summed E-state index contributed by atoms with van der Waals surface area (Å²) in [5.74, 6) is 0.0770. The van der Waals surface area contributed by atoms with Crippen molar-refractivity contribution in [3.63, 3.8) is 0 Å². The van der Waals surface area contributed by atoms with Crippen LogP contribution in [0.2, 0.25) is 0 Å². The summed E-state index contributed by atoms with van der Waals surface area (Å²) in [6.45, 7) is 15.1. The van der Waals surface area contributed by atoms with Gasteiger partial charge in [-0.3, -0.25) is 9.69 Å². The van der Waals surface area contributed by atoms with Crippen molar-refractivity contribution in [3.8, 4) is 0 Å². The first-order chi connectivity index (χ1) is 7.90. The van der Waals surface area contributed by atoms with Crippen molar-refractivity contribution < 1.29 is 4.79 Å². The second-order valence-electron chi connectivity index (χ2n) is 5.00. The van der Waals surface area contributed by atoms with E-state index in [-0.39, 0.29) is 11.9 Å². The third-order valence-electron chi connectivity index (χ3n) is 2.89. The molecule has 1 unspecified atom stereocenters. The number of rotatable bonds is 8. The van der Waals surface area contributed by atoms with Gasteiger partial charge in [0.2, 0.25) is 5.91 Å². The Kier molecular flexibility index (Phi) is 8.17. The second kappa shape index (κ2) is 8.48. The Hall–Kier alpha value is -0.610. The fourth-order valence-corrected chi connectivity index (χ4v) is 1.94. The number of nitrogens with one attached hydrogen (secondary N) is 2. The van der Waals surface area contributed by atoms with E-state index < -0.39 is 0 Å². The molecular formula is C13H29N3O. The normalized spacial score (nSPS) is 13.5. The van der Waals surface area contributed by atoms with Gasteiger partial charge in [0.05, 0.1) is 6.04 Å². The smallest absolute Gasteiger partial charge is 0.236 e. The van der Waals surface area contributed by atoms with E-state index in [0.29, 0.717) is 18.6 Å². The van der Waals surface area contributed by atoms with Crippen molar-refractivity contribution in [2.24, 2.45) is 0 Å². The Morgan fingerprint density at radius 1 is 1.12 bits per heavy atom. The summed E-state index contributed by atoms with van der Waals surface area (Å²) < 4.78 is 0. The Balaban J connectivity index is 3.92. The first kappa shape index (κ1) is 16.4. The van der Waals surface area contributed by atoms with Crippen LogP contribution in [0.25, 0.3) is 0 Å². The predicted octanol–water partition coefficient (Wildman–Crippen LogP) is 1.22. The van der Waals surface area contributed by atoms with Crippen molar-refractivity contribution in [2.45, 2.75) is 59.7 Å². The number of hydrogen-bond donors (Lipinski definition) is 2. The molecule has 0 aliphatic carbocycles. The molecule has 4 nitrogen and oxygen atoms in total. The summed E-state index contributed by atoms with van der Waals surface area (Å²) in [6.07, 6.45) is 0. The van der Waals surface area contributed by atoms with Gasteiger partial charge in [0.15, 0.2) is 0 Å². The Morgan fingerprint density at radius 3 is 2.06 bits per heavy atom. The van der Waals surface area contributed by atoms with E-state index in [9.17, 15) is 4.79 Å². The molecule has 0 rings (SSSR count). The van der Waals surface area contributed by atoms with E-state index in [0.717, 1.165) is 13.1 Å². The van der Waals surface area contributed by atoms with Gasteiger partial charge in [0.1, 0.15) is 0 Å². The van der Waals surface area contributed by atoms with Gasteiger partial charge in [0.25, 0.3) is 0 Å². The lowest BCUT2D eigenvalue weighted by molar-refractivity contribution is -0.122.